The maximum absolute atomic E-state index is 12.4. The average Bonchev–Trinajstić information content (AvgIpc) is 2.57. The normalized spacial score (nSPS) is 11.4. The summed E-state index contributed by atoms with van der Waals surface area (Å²) in [6, 6.07) is 23.0. The number of halogens is 1. The molecule has 3 rings (SSSR count). The van der Waals surface area contributed by atoms with Crippen molar-refractivity contribution >= 4 is 21.8 Å². The fourth-order valence-corrected chi connectivity index (χ4v) is 2.67. The van der Waals surface area contributed by atoms with Gasteiger partial charge in [-0.25, -0.2) is 0 Å². The van der Waals surface area contributed by atoms with Gasteiger partial charge < -0.3 is 4.57 Å². The second-order valence-electron chi connectivity index (χ2n) is 5.10. The molecule has 0 spiro atoms. The first-order chi connectivity index (χ1) is 11.2. The van der Waals surface area contributed by atoms with Crippen LogP contribution >= 0.6 is 15.9 Å². The van der Waals surface area contributed by atoms with Crippen molar-refractivity contribution in [2.24, 2.45) is 4.99 Å². The van der Waals surface area contributed by atoms with Gasteiger partial charge in [-0.3, -0.25) is 4.79 Å². The van der Waals surface area contributed by atoms with Crippen molar-refractivity contribution in [3.63, 3.8) is 0 Å². The molecule has 114 valence electrons. The highest BCUT2D eigenvalue weighted by molar-refractivity contribution is 9.10. The second-order valence-corrected chi connectivity index (χ2v) is 6.02. The van der Waals surface area contributed by atoms with E-state index < -0.39 is 0 Å². The SMILES string of the molecule is O=C(N=c1ccccn1Cc1ccccc1)c1cccc(Br)c1. The highest BCUT2D eigenvalue weighted by atomic mass is 79.9. The zero-order valence-electron chi connectivity index (χ0n) is 12.4. The minimum atomic E-state index is -0.251. The van der Waals surface area contributed by atoms with E-state index >= 15 is 0 Å². The monoisotopic (exact) mass is 366 g/mol. The Hall–Kier alpha value is -2.46. The molecule has 0 aliphatic heterocycles. The van der Waals surface area contributed by atoms with Crippen LogP contribution in [0.3, 0.4) is 0 Å². The van der Waals surface area contributed by atoms with Gasteiger partial charge in [0.15, 0.2) is 0 Å². The van der Waals surface area contributed by atoms with Gasteiger partial charge in [0, 0.05) is 22.8 Å². The van der Waals surface area contributed by atoms with Crippen LogP contribution in [0.1, 0.15) is 15.9 Å². The van der Waals surface area contributed by atoms with E-state index in [2.05, 4.69) is 33.1 Å². The Morgan fingerprint density at radius 2 is 1.74 bits per heavy atom. The van der Waals surface area contributed by atoms with E-state index in [1.807, 2.05) is 59.3 Å². The zero-order chi connectivity index (χ0) is 16.1. The van der Waals surface area contributed by atoms with E-state index in [1.54, 1.807) is 12.1 Å². The lowest BCUT2D eigenvalue weighted by molar-refractivity contribution is 0.0997. The Balaban J connectivity index is 1.95. The van der Waals surface area contributed by atoms with Crippen LogP contribution in [0.25, 0.3) is 0 Å². The average molecular weight is 367 g/mol. The van der Waals surface area contributed by atoms with E-state index in [-0.39, 0.29) is 5.91 Å². The molecular weight excluding hydrogens is 352 g/mol. The first-order valence-electron chi connectivity index (χ1n) is 7.26. The maximum atomic E-state index is 12.4. The molecule has 0 unspecified atom stereocenters. The Bertz CT molecular complexity index is 885. The number of benzene rings is 2. The van der Waals surface area contributed by atoms with Crippen molar-refractivity contribution in [1.82, 2.24) is 4.57 Å². The van der Waals surface area contributed by atoms with Crippen molar-refractivity contribution in [2.75, 3.05) is 0 Å². The van der Waals surface area contributed by atoms with E-state index in [1.165, 1.54) is 0 Å². The molecule has 1 heterocycles. The molecule has 0 saturated carbocycles. The summed E-state index contributed by atoms with van der Waals surface area (Å²) in [7, 11) is 0. The van der Waals surface area contributed by atoms with E-state index in [4.69, 9.17) is 0 Å². The summed E-state index contributed by atoms with van der Waals surface area (Å²) < 4.78 is 2.83. The van der Waals surface area contributed by atoms with Crippen LogP contribution in [0.15, 0.2) is 88.5 Å². The summed E-state index contributed by atoms with van der Waals surface area (Å²) in [6.07, 6.45) is 1.93. The zero-order valence-corrected chi connectivity index (χ0v) is 14.0. The van der Waals surface area contributed by atoms with Gasteiger partial charge in [-0.1, -0.05) is 58.4 Å². The summed E-state index contributed by atoms with van der Waals surface area (Å²) in [4.78, 5) is 16.6. The lowest BCUT2D eigenvalue weighted by Crippen LogP contribution is -2.22. The predicted molar refractivity (Wildman–Crippen MR) is 94.0 cm³/mol. The van der Waals surface area contributed by atoms with Crippen LogP contribution in [0.2, 0.25) is 0 Å². The van der Waals surface area contributed by atoms with Crippen molar-refractivity contribution in [3.8, 4) is 0 Å². The van der Waals surface area contributed by atoms with Crippen LogP contribution in [-0.4, -0.2) is 10.5 Å². The number of aromatic nitrogens is 1. The van der Waals surface area contributed by atoms with Gasteiger partial charge in [0.05, 0.1) is 0 Å². The third-order valence-corrected chi connectivity index (χ3v) is 3.89. The molecule has 23 heavy (non-hydrogen) atoms. The Labute approximate surface area is 143 Å². The molecule has 0 fully saturated rings. The van der Waals surface area contributed by atoms with E-state index in [0.717, 1.165) is 10.0 Å². The van der Waals surface area contributed by atoms with Crippen LogP contribution in [0, 0.1) is 0 Å². The molecule has 3 aromatic rings. The first kappa shape index (κ1) is 15.4. The Morgan fingerprint density at radius 3 is 2.52 bits per heavy atom. The van der Waals surface area contributed by atoms with Crippen molar-refractivity contribution in [1.29, 1.82) is 0 Å². The number of nitrogens with zero attached hydrogens (tertiary/aromatic N) is 2. The molecule has 0 saturated heterocycles. The van der Waals surface area contributed by atoms with Gasteiger partial charge in [0.2, 0.25) is 0 Å². The second kappa shape index (κ2) is 7.20. The number of rotatable bonds is 3. The Morgan fingerprint density at radius 1 is 0.957 bits per heavy atom. The summed E-state index contributed by atoms with van der Waals surface area (Å²) in [5.74, 6) is -0.251. The number of amides is 1. The molecule has 0 N–H and O–H groups in total. The maximum Gasteiger partial charge on any atom is 0.278 e. The van der Waals surface area contributed by atoms with Gasteiger partial charge in [0.25, 0.3) is 5.91 Å². The summed E-state index contributed by atoms with van der Waals surface area (Å²) >= 11 is 3.38. The van der Waals surface area contributed by atoms with Crippen LogP contribution in [0.5, 0.6) is 0 Å². The van der Waals surface area contributed by atoms with Gasteiger partial charge in [-0.2, -0.15) is 4.99 Å². The highest BCUT2D eigenvalue weighted by Gasteiger charge is 2.04. The van der Waals surface area contributed by atoms with E-state index in [9.17, 15) is 4.79 Å². The van der Waals surface area contributed by atoms with Crippen molar-refractivity contribution < 1.29 is 4.79 Å². The largest absolute Gasteiger partial charge is 0.328 e. The Kier molecular flexibility index (Phi) is 4.83. The fourth-order valence-electron chi connectivity index (χ4n) is 2.27. The van der Waals surface area contributed by atoms with Crippen LogP contribution < -0.4 is 5.49 Å². The molecule has 4 heteroatoms. The highest BCUT2D eigenvalue weighted by Crippen LogP contribution is 2.12. The number of carbonyl (C=O) groups excluding carboxylic acids is 1. The summed E-state index contributed by atoms with van der Waals surface area (Å²) in [5.41, 5.74) is 2.37. The molecule has 1 aromatic heterocycles. The summed E-state index contributed by atoms with van der Waals surface area (Å²) in [6.45, 7) is 0.673. The minimum absolute atomic E-state index is 0.251. The fraction of sp³-hybridized carbons (Fsp3) is 0.0526. The molecular formula is C19H15BrN2O. The van der Waals surface area contributed by atoms with Gasteiger partial charge >= 0.3 is 0 Å². The molecule has 0 radical (unpaired) electrons. The smallest absolute Gasteiger partial charge is 0.278 e. The van der Waals surface area contributed by atoms with Crippen LogP contribution in [0.4, 0.5) is 0 Å². The molecule has 2 aromatic carbocycles. The van der Waals surface area contributed by atoms with Gasteiger partial charge in [-0.15, -0.1) is 0 Å². The standard InChI is InChI=1S/C19H15BrN2O/c20-17-10-6-9-16(13-17)19(23)21-18-11-4-5-12-22(18)14-15-7-2-1-3-8-15/h1-13H,14H2. The first-order valence-corrected chi connectivity index (χ1v) is 8.06. The topological polar surface area (TPSA) is 34.4 Å². The van der Waals surface area contributed by atoms with Crippen molar-refractivity contribution in [3.05, 3.63) is 100 Å². The quantitative estimate of drug-likeness (QED) is 0.688. The molecule has 0 atom stereocenters. The van der Waals surface area contributed by atoms with E-state index in [0.29, 0.717) is 17.6 Å². The van der Waals surface area contributed by atoms with Crippen molar-refractivity contribution in [2.45, 2.75) is 6.54 Å². The number of hydrogen-bond acceptors (Lipinski definition) is 1. The number of hydrogen-bond donors (Lipinski definition) is 0. The molecule has 0 bridgehead atoms. The van der Waals surface area contributed by atoms with Gasteiger partial charge in [-0.05, 0) is 35.9 Å². The third-order valence-electron chi connectivity index (χ3n) is 3.40. The molecule has 0 aliphatic carbocycles. The molecule has 1 amide bonds. The lowest BCUT2D eigenvalue weighted by Gasteiger charge is -2.07. The summed E-state index contributed by atoms with van der Waals surface area (Å²) in [5, 5.41) is 0. The minimum Gasteiger partial charge on any atom is -0.328 e. The van der Waals surface area contributed by atoms with Crippen LogP contribution in [-0.2, 0) is 6.54 Å². The predicted octanol–water partition coefficient (Wildman–Crippen LogP) is 4.04. The number of pyridine rings is 1. The lowest BCUT2D eigenvalue weighted by atomic mass is 10.2. The van der Waals surface area contributed by atoms with Gasteiger partial charge in [0.1, 0.15) is 5.49 Å². The molecule has 0 aliphatic rings. The molecule has 3 nitrogen and oxygen atoms in total. The third kappa shape index (κ3) is 4.05. The number of carbonyl (C=O) groups is 1.